The van der Waals surface area contributed by atoms with Crippen LogP contribution < -0.4 is 15.8 Å². The van der Waals surface area contributed by atoms with Crippen molar-refractivity contribution in [1.82, 2.24) is 5.32 Å². The fourth-order valence-corrected chi connectivity index (χ4v) is 1.75. The number of hydrogen-bond donors (Lipinski definition) is 2. The average molecular weight is 220 g/mol. The van der Waals surface area contributed by atoms with Crippen LogP contribution in [-0.2, 0) is 6.54 Å². The molecule has 1 aromatic carbocycles. The third kappa shape index (κ3) is 2.67. The number of nitrogens with two attached hydrogens (primary N) is 1. The predicted molar refractivity (Wildman–Crippen MR) is 66.5 cm³/mol. The molecule has 0 bridgehead atoms. The zero-order chi connectivity index (χ0) is 11.6. The number of methoxy groups -OCH3 is 1. The third-order valence-corrected chi connectivity index (χ3v) is 3.32. The van der Waals surface area contributed by atoms with E-state index in [4.69, 9.17) is 10.5 Å². The molecule has 1 saturated carbocycles. The van der Waals surface area contributed by atoms with Gasteiger partial charge in [-0.1, -0.05) is 6.92 Å². The highest BCUT2D eigenvalue weighted by atomic mass is 16.5. The monoisotopic (exact) mass is 220 g/mol. The number of ether oxygens (including phenoxy) is 1. The molecule has 16 heavy (non-hydrogen) atoms. The fourth-order valence-electron chi connectivity index (χ4n) is 1.75. The van der Waals surface area contributed by atoms with Crippen LogP contribution >= 0.6 is 0 Å². The van der Waals surface area contributed by atoms with E-state index in [9.17, 15) is 0 Å². The van der Waals surface area contributed by atoms with Crippen LogP contribution in [0.3, 0.4) is 0 Å². The Morgan fingerprint density at radius 2 is 2.19 bits per heavy atom. The highest BCUT2D eigenvalue weighted by molar-refractivity contribution is 5.50. The van der Waals surface area contributed by atoms with E-state index in [2.05, 4.69) is 12.2 Å². The summed E-state index contributed by atoms with van der Waals surface area (Å²) in [6.45, 7) is 4.21. The van der Waals surface area contributed by atoms with Crippen LogP contribution in [0.5, 0.6) is 5.75 Å². The minimum absolute atomic E-state index is 0.535. The van der Waals surface area contributed by atoms with Crippen LogP contribution in [0.1, 0.15) is 25.3 Å². The van der Waals surface area contributed by atoms with Gasteiger partial charge in [0.2, 0.25) is 0 Å². The Hall–Kier alpha value is -1.22. The van der Waals surface area contributed by atoms with E-state index in [1.807, 2.05) is 18.2 Å². The maximum atomic E-state index is 5.91. The van der Waals surface area contributed by atoms with Gasteiger partial charge >= 0.3 is 0 Å². The molecule has 0 aromatic heterocycles. The van der Waals surface area contributed by atoms with E-state index < -0.39 is 0 Å². The molecule has 0 saturated heterocycles. The first-order valence-electron chi connectivity index (χ1n) is 5.76. The minimum atomic E-state index is 0.535. The topological polar surface area (TPSA) is 47.3 Å². The van der Waals surface area contributed by atoms with Crippen LogP contribution in [0.4, 0.5) is 5.69 Å². The number of hydrogen-bond acceptors (Lipinski definition) is 3. The van der Waals surface area contributed by atoms with Crippen molar-refractivity contribution < 1.29 is 4.74 Å². The molecule has 0 heterocycles. The summed E-state index contributed by atoms with van der Waals surface area (Å²) < 4.78 is 5.19. The van der Waals surface area contributed by atoms with Crippen LogP contribution in [0.15, 0.2) is 18.2 Å². The first-order valence-corrected chi connectivity index (χ1v) is 5.76. The van der Waals surface area contributed by atoms with Crippen LogP contribution in [0, 0.1) is 5.41 Å². The molecule has 0 spiro atoms. The molecule has 1 aromatic rings. The summed E-state index contributed by atoms with van der Waals surface area (Å²) in [7, 11) is 1.67. The lowest BCUT2D eigenvalue weighted by Crippen LogP contribution is -2.22. The summed E-state index contributed by atoms with van der Waals surface area (Å²) in [6, 6.07) is 5.79. The smallest absolute Gasteiger partial charge is 0.119 e. The van der Waals surface area contributed by atoms with E-state index >= 15 is 0 Å². The molecule has 0 unspecified atom stereocenters. The number of nitrogen functional groups attached to an aromatic ring is 1. The van der Waals surface area contributed by atoms with Gasteiger partial charge in [-0.2, -0.15) is 0 Å². The summed E-state index contributed by atoms with van der Waals surface area (Å²) >= 11 is 0. The second kappa shape index (κ2) is 4.34. The summed E-state index contributed by atoms with van der Waals surface area (Å²) in [4.78, 5) is 0. The number of nitrogens with one attached hydrogen (secondary N) is 1. The highest BCUT2D eigenvalue weighted by Crippen LogP contribution is 2.44. The Kier molecular flexibility index (Phi) is 3.06. The van der Waals surface area contributed by atoms with Crippen LogP contribution in [0.25, 0.3) is 0 Å². The Bertz CT molecular complexity index is 372. The van der Waals surface area contributed by atoms with Crippen LogP contribution in [-0.4, -0.2) is 13.7 Å². The van der Waals surface area contributed by atoms with Gasteiger partial charge in [-0.05, 0) is 42.0 Å². The third-order valence-electron chi connectivity index (χ3n) is 3.32. The normalized spacial score (nSPS) is 17.1. The maximum absolute atomic E-state index is 5.91. The van der Waals surface area contributed by atoms with Gasteiger partial charge in [0.05, 0.1) is 7.11 Å². The van der Waals surface area contributed by atoms with E-state index in [1.54, 1.807) is 7.11 Å². The number of anilines is 1. The van der Waals surface area contributed by atoms with Crippen molar-refractivity contribution in [2.24, 2.45) is 5.41 Å². The molecule has 3 N–H and O–H groups in total. The summed E-state index contributed by atoms with van der Waals surface area (Å²) in [5.41, 5.74) is 8.39. The summed E-state index contributed by atoms with van der Waals surface area (Å²) in [6.07, 6.45) is 2.68. The molecule has 88 valence electrons. The summed E-state index contributed by atoms with van der Waals surface area (Å²) in [5, 5.41) is 3.46. The van der Waals surface area contributed by atoms with E-state index in [1.165, 1.54) is 12.8 Å². The van der Waals surface area contributed by atoms with Gasteiger partial charge in [0.15, 0.2) is 0 Å². The predicted octanol–water partition coefficient (Wildman–Crippen LogP) is 2.17. The lowest BCUT2D eigenvalue weighted by molar-refractivity contribution is 0.414. The number of rotatable bonds is 5. The Labute approximate surface area is 97.0 Å². The second-order valence-electron chi connectivity index (χ2n) is 4.98. The van der Waals surface area contributed by atoms with E-state index in [-0.39, 0.29) is 0 Å². The standard InChI is InChI=1S/C13H20N2O/c1-13(5-6-13)9-15-8-10-7-11(16-2)3-4-12(10)14/h3-4,7,15H,5-6,8-9,14H2,1-2H3. The molecule has 3 heteroatoms. The van der Waals surface area contributed by atoms with Crippen molar-refractivity contribution in [2.75, 3.05) is 19.4 Å². The molecule has 1 aliphatic carbocycles. The van der Waals surface area contributed by atoms with Crippen molar-refractivity contribution in [3.05, 3.63) is 23.8 Å². The molecule has 2 rings (SSSR count). The molecule has 0 amide bonds. The van der Waals surface area contributed by atoms with Crippen molar-refractivity contribution >= 4 is 5.69 Å². The first-order chi connectivity index (χ1) is 7.63. The number of benzene rings is 1. The van der Waals surface area contributed by atoms with Gasteiger partial charge in [0.1, 0.15) is 5.75 Å². The molecule has 0 aliphatic heterocycles. The highest BCUT2D eigenvalue weighted by Gasteiger charge is 2.36. The van der Waals surface area contributed by atoms with Gasteiger partial charge < -0.3 is 15.8 Å². The molecule has 1 fully saturated rings. The van der Waals surface area contributed by atoms with Gasteiger partial charge in [0.25, 0.3) is 0 Å². The van der Waals surface area contributed by atoms with Gasteiger partial charge in [0, 0.05) is 18.8 Å². The minimum Gasteiger partial charge on any atom is -0.497 e. The first kappa shape index (κ1) is 11.3. The quantitative estimate of drug-likeness (QED) is 0.748. The molecular formula is C13H20N2O. The molecule has 0 atom stereocenters. The zero-order valence-electron chi connectivity index (χ0n) is 10.0. The van der Waals surface area contributed by atoms with E-state index in [0.717, 1.165) is 30.1 Å². The average Bonchev–Trinajstić information content (AvgIpc) is 2.99. The van der Waals surface area contributed by atoms with Crippen molar-refractivity contribution in [2.45, 2.75) is 26.3 Å². The zero-order valence-corrected chi connectivity index (χ0v) is 10.0. The SMILES string of the molecule is COc1ccc(N)c(CNCC2(C)CC2)c1. The Balaban J connectivity index is 1.92. The molecule has 0 radical (unpaired) electrons. The lowest BCUT2D eigenvalue weighted by Gasteiger charge is -2.12. The van der Waals surface area contributed by atoms with Crippen LogP contribution in [0.2, 0.25) is 0 Å². The molecule has 1 aliphatic rings. The van der Waals surface area contributed by atoms with Gasteiger partial charge in [-0.25, -0.2) is 0 Å². The van der Waals surface area contributed by atoms with Gasteiger partial charge in [-0.15, -0.1) is 0 Å². The Morgan fingerprint density at radius 3 is 2.81 bits per heavy atom. The largest absolute Gasteiger partial charge is 0.497 e. The summed E-state index contributed by atoms with van der Waals surface area (Å²) in [5.74, 6) is 0.864. The molecular weight excluding hydrogens is 200 g/mol. The van der Waals surface area contributed by atoms with Crippen molar-refractivity contribution in [3.8, 4) is 5.75 Å². The van der Waals surface area contributed by atoms with Gasteiger partial charge in [-0.3, -0.25) is 0 Å². The van der Waals surface area contributed by atoms with E-state index in [0.29, 0.717) is 5.41 Å². The second-order valence-corrected chi connectivity index (χ2v) is 4.98. The molecule has 3 nitrogen and oxygen atoms in total. The fraction of sp³-hybridized carbons (Fsp3) is 0.538. The van der Waals surface area contributed by atoms with Crippen molar-refractivity contribution in [3.63, 3.8) is 0 Å². The Morgan fingerprint density at radius 1 is 1.44 bits per heavy atom. The van der Waals surface area contributed by atoms with Crippen molar-refractivity contribution in [1.29, 1.82) is 0 Å². The lowest BCUT2D eigenvalue weighted by atomic mass is 10.1. The maximum Gasteiger partial charge on any atom is 0.119 e.